The molecule has 0 saturated carbocycles. The second kappa shape index (κ2) is 8.24. The van der Waals surface area contributed by atoms with Crippen molar-refractivity contribution in [2.75, 3.05) is 9.80 Å². The highest BCUT2D eigenvalue weighted by atomic mass is 16.2. The van der Waals surface area contributed by atoms with Gasteiger partial charge in [-0.3, -0.25) is 14.5 Å². The van der Waals surface area contributed by atoms with E-state index in [2.05, 4.69) is 24.3 Å². The number of fused-ring (bicyclic) bond motifs is 2. The first-order chi connectivity index (χ1) is 17.1. The lowest BCUT2D eigenvalue weighted by molar-refractivity contribution is -0.125. The Hall–Kier alpha value is -4.18. The Morgan fingerprint density at radius 1 is 0.771 bits per heavy atom. The van der Waals surface area contributed by atoms with Gasteiger partial charge >= 0.3 is 0 Å². The molecule has 2 atom stereocenters. The van der Waals surface area contributed by atoms with Crippen LogP contribution in [0.5, 0.6) is 0 Å². The van der Waals surface area contributed by atoms with Crippen LogP contribution < -0.4 is 9.80 Å². The summed E-state index contributed by atoms with van der Waals surface area (Å²) >= 11 is 0. The zero-order chi connectivity index (χ0) is 24.0. The Morgan fingerprint density at radius 3 is 2.11 bits per heavy atom. The van der Waals surface area contributed by atoms with Gasteiger partial charge in [0.15, 0.2) is 5.54 Å². The highest BCUT2D eigenvalue weighted by Crippen LogP contribution is 2.58. The average molecular weight is 459 g/mol. The molecule has 172 valence electrons. The van der Waals surface area contributed by atoms with Crippen LogP contribution in [-0.4, -0.2) is 11.8 Å². The second-order valence-electron chi connectivity index (χ2n) is 9.39. The summed E-state index contributed by atoms with van der Waals surface area (Å²) < 4.78 is 0. The van der Waals surface area contributed by atoms with E-state index >= 15 is 0 Å². The summed E-state index contributed by atoms with van der Waals surface area (Å²) in [5, 5.41) is 0. The second-order valence-corrected chi connectivity index (χ2v) is 9.39. The largest absolute Gasteiger partial charge is 0.305 e. The van der Waals surface area contributed by atoms with Gasteiger partial charge in [0.1, 0.15) is 0 Å². The van der Waals surface area contributed by atoms with E-state index in [1.165, 1.54) is 0 Å². The third-order valence-corrected chi connectivity index (χ3v) is 7.34. The van der Waals surface area contributed by atoms with Crippen molar-refractivity contribution in [3.63, 3.8) is 0 Å². The van der Waals surface area contributed by atoms with Crippen LogP contribution in [0.1, 0.15) is 34.6 Å². The topological polar surface area (TPSA) is 40.6 Å². The third kappa shape index (κ3) is 3.21. The molecule has 0 aliphatic carbocycles. The molecule has 1 spiro atoms. The fourth-order valence-corrected chi connectivity index (χ4v) is 5.79. The molecule has 35 heavy (non-hydrogen) atoms. The van der Waals surface area contributed by atoms with E-state index in [9.17, 15) is 9.59 Å². The monoisotopic (exact) mass is 458 g/mol. The van der Waals surface area contributed by atoms with Crippen LogP contribution in [0.15, 0.2) is 109 Å². The molecule has 0 N–H and O–H groups in total. The summed E-state index contributed by atoms with van der Waals surface area (Å²) in [6.07, 6.45) is 0.275. The van der Waals surface area contributed by atoms with Crippen molar-refractivity contribution in [2.24, 2.45) is 0 Å². The number of rotatable bonds is 4. The Labute approximate surface area is 205 Å². The molecule has 0 bridgehead atoms. The van der Waals surface area contributed by atoms with E-state index in [-0.39, 0.29) is 24.2 Å². The molecule has 2 aliphatic rings. The van der Waals surface area contributed by atoms with Gasteiger partial charge in [0.25, 0.3) is 5.91 Å². The Balaban J connectivity index is 1.59. The molecule has 4 aromatic carbocycles. The predicted octanol–water partition coefficient (Wildman–Crippen LogP) is 5.96. The van der Waals surface area contributed by atoms with Crippen molar-refractivity contribution in [3.05, 3.63) is 131 Å². The fraction of sp³-hybridized carbons (Fsp3) is 0.161. The summed E-state index contributed by atoms with van der Waals surface area (Å²) in [4.78, 5) is 32.1. The lowest BCUT2D eigenvalue weighted by Crippen LogP contribution is -2.53. The molecular weight excluding hydrogens is 432 g/mol. The number of para-hydroxylation sites is 2. The molecule has 2 aliphatic heterocycles. The summed E-state index contributed by atoms with van der Waals surface area (Å²) in [5.41, 5.74) is 4.57. The van der Waals surface area contributed by atoms with Gasteiger partial charge in [-0.15, -0.1) is 0 Å². The summed E-state index contributed by atoms with van der Waals surface area (Å²) in [7, 11) is 0. The van der Waals surface area contributed by atoms with Gasteiger partial charge in [-0.2, -0.15) is 0 Å². The number of carbonyl (C=O) groups is 2. The van der Waals surface area contributed by atoms with Crippen molar-refractivity contribution in [1.82, 2.24) is 0 Å². The molecule has 2 unspecified atom stereocenters. The molecule has 2 heterocycles. The predicted molar refractivity (Wildman–Crippen MR) is 138 cm³/mol. The molecule has 4 aromatic rings. The molecular formula is C31H26N2O2. The first-order valence-electron chi connectivity index (χ1n) is 12.0. The number of nitrogens with zero attached hydrogens (tertiary/aromatic N) is 2. The fourth-order valence-electron chi connectivity index (χ4n) is 5.79. The third-order valence-electron chi connectivity index (χ3n) is 7.34. The van der Waals surface area contributed by atoms with Gasteiger partial charge in [0.2, 0.25) is 5.91 Å². The SMILES string of the molecule is Cc1ccc(C2CC(=O)N(c3ccccc3)C23C(=O)N(Cc2ccccc2)c2ccccc23)cc1. The van der Waals surface area contributed by atoms with Crippen LogP contribution in [0.25, 0.3) is 0 Å². The highest BCUT2D eigenvalue weighted by molar-refractivity contribution is 6.17. The first-order valence-corrected chi connectivity index (χ1v) is 12.0. The minimum Gasteiger partial charge on any atom is -0.305 e. The maximum absolute atomic E-state index is 14.7. The molecule has 4 heteroatoms. The Bertz CT molecular complexity index is 1400. The summed E-state index contributed by atoms with van der Waals surface area (Å²) in [6.45, 7) is 2.50. The smallest absolute Gasteiger partial charge is 0.259 e. The van der Waals surface area contributed by atoms with E-state index in [0.29, 0.717) is 6.54 Å². The molecule has 0 radical (unpaired) electrons. The zero-order valence-corrected chi connectivity index (χ0v) is 19.6. The van der Waals surface area contributed by atoms with Gasteiger partial charge in [0.05, 0.1) is 12.2 Å². The minimum absolute atomic E-state index is 0.0357. The molecule has 1 fully saturated rings. The van der Waals surface area contributed by atoms with Crippen LogP contribution in [-0.2, 0) is 21.7 Å². The van der Waals surface area contributed by atoms with E-state index in [1.54, 1.807) is 4.90 Å². The quantitative estimate of drug-likeness (QED) is 0.379. The van der Waals surface area contributed by atoms with Crippen LogP contribution >= 0.6 is 0 Å². The van der Waals surface area contributed by atoms with Crippen LogP contribution in [0.4, 0.5) is 11.4 Å². The van der Waals surface area contributed by atoms with E-state index in [1.807, 2.05) is 96.8 Å². The lowest BCUT2D eigenvalue weighted by atomic mass is 9.75. The Kier molecular flexibility index (Phi) is 5.03. The number of hydrogen-bond acceptors (Lipinski definition) is 2. The number of benzene rings is 4. The van der Waals surface area contributed by atoms with Crippen molar-refractivity contribution in [3.8, 4) is 0 Å². The van der Waals surface area contributed by atoms with Gasteiger partial charge in [-0.1, -0.05) is 96.6 Å². The number of carbonyl (C=O) groups excluding carboxylic acids is 2. The van der Waals surface area contributed by atoms with E-state index in [4.69, 9.17) is 0 Å². The van der Waals surface area contributed by atoms with Crippen molar-refractivity contribution in [1.29, 1.82) is 0 Å². The van der Waals surface area contributed by atoms with Crippen molar-refractivity contribution < 1.29 is 9.59 Å². The maximum Gasteiger partial charge on any atom is 0.259 e. The summed E-state index contributed by atoms with van der Waals surface area (Å²) in [5.74, 6) is -0.389. The highest BCUT2D eigenvalue weighted by Gasteiger charge is 2.65. The molecule has 4 nitrogen and oxygen atoms in total. The number of amides is 2. The first kappa shape index (κ1) is 21.4. The van der Waals surface area contributed by atoms with Crippen molar-refractivity contribution >= 4 is 23.2 Å². The molecule has 6 rings (SSSR count). The molecule has 2 amide bonds. The average Bonchev–Trinajstić information content (AvgIpc) is 3.33. The Morgan fingerprint density at radius 2 is 1.40 bits per heavy atom. The number of anilines is 2. The van der Waals surface area contributed by atoms with Crippen molar-refractivity contribution in [2.45, 2.75) is 31.3 Å². The van der Waals surface area contributed by atoms with Gasteiger partial charge in [-0.25, -0.2) is 0 Å². The number of aryl methyl sites for hydroxylation is 1. The lowest BCUT2D eigenvalue weighted by Gasteiger charge is -2.38. The molecule has 0 aromatic heterocycles. The standard InChI is InChI=1S/C31H26N2O2/c1-22-16-18-24(19-17-22)27-20-29(34)33(25-12-6-3-7-13-25)31(27)26-14-8-9-15-28(26)32(30(31)35)21-23-10-4-2-5-11-23/h2-19,27H,20-21H2,1H3. The van der Waals surface area contributed by atoms with Gasteiger partial charge < -0.3 is 4.90 Å². The van der Waals surface area contributed by atoms with E-state index < -0.39 is 5.54 Å². The van der Waals surface area contributed by atoms with E-state index in [0.717, 1.165) is 33.6 Å². The molecule has 1 saturated heterocycles. The van der Waals surface area contributed by atoms with Crippen LogP contribution in [0.2, 0.25) is 0 Å². The zero-order valence-electron chi connectivity index (χ0n) is 19.6. The minimum atomic E-state index is -1.14. The number of hydrogen-bond donors (Lipinski definition) is 0. The van der Waals surface area contributed by atoms with Gasteiger partial charge in [0, 0.05) is 23.6 Å². The van der Waals surface area contributed by atoms with Crippen LogP contribution in [0, 0.1) is 6.92 Å². The van der Waals surface area contributed by atoms with Gasteiger partial charge in [-0.05, 0) is 36.2 Å². The summed E-state index contributed by atoms with van der Waals surface area (Å²) in [6, 6.07) is 35.9. The maximum atomic E-state index is 14.7. The normalized spacial score (nSPS) is 21.1. The van der Waals surface area contributed by atoms with Crippen LogP contribution in [0.3, 0.4) is 0 Å².